The highest BCUT2D eigenvalue weighted by Crippen LogP contribution is 2.26. The van der Waals surface area contributed by atoms with Crippen LogP contribution < -0.4 is 10.6 Å². The molecule has 0 bridgehead atoms. The normalized spacial score (nSPS) is 18.2. The lowest BCUT2D eigenvalue weighted by Crippen LogP contribution is -2.28. The SMILES string of the molecule is COC(=O)c1ccc(N2CC(C(N)=O)CC2=O)cc1F. The first-order chi connectivity index (χ1) is 9.43. The van der Waals surface area contributed by atoms with E-state index in [9.17, 15) is 18.8 Å². The number of carbonyl (C=O) groups excluding carboxylic acids is 3. The molecule has 1 unspecified atom stereocenters. The van der Waals surface area contributed by atoms with Crippen molar-refractivity contribution in [2.45, 2.75) is 6.42 Å². The predicted molar refractivity (Wildman–Crippen MR) is 67.4 cm³/mol. The van der Waals surface area contributed by atoms with Gasteiger partial charge in [0, 0.05) is 18.7 Å². The van der Waals surface area contributed by atoms with E-state index in [1.165, 1.54) is 17.0 Å². The Morgan fingerprint density at radius 1 is 1.45 bits per heavy atom. The maximum Gasteiger partial charge on any atom is 0.340 e. The second-order valence-corrected chi connectivity index (χ2v) is 4.46. The molecule has 0 saturated carbocycles. The molecule has 0 spiro atoms. The van der Waals surface area contributed by atoms with Gasteiger partial charge in [-0.2, -0.15) is 0 Å². The predicted octanol–water partition coefficient (Wildman–Crippen LogP) is 0.450. The van der Waals surface area contributed by atoms with Crippen molar-refractivity contribution < 1.29 is 23.5 Å². The molecule has 2 amide bonds. The van der Waals surface area contributed by atoms with Gasteiger partial charge in [-0.3, -0.25) is 9.59 Å². The quantitative estimate of drug-likeness (QED) is 0.814. The van der Waals surface area contributed by atoms with Gasteiger partial charge in [0.1, 0.15) is 5.82 Å². The third-order valence-electron chi connectivity index (χ3n) is 3.20. The molecule has 2 N–H and O–H groups in total. The molecular weight excluding hydrogens is 267 g/mol. The first-order valence-corrected chi connectivity index (χ1v) is 5.91. The summed E-state index contributed by atoms with van der Waals surface area (Å²) in [6.07, 6.45) is 0.00963. The number of halogens is 1. The Morgan fingerprint density at radius 3 is 2.65 bits per heavy atom. The van der Waals surface area contributed by atoms with Crippen molar-refractivity contribution in [1.82, 2.24) is 0 Å². The molecule has 1 heterocycles. The number of rotatable bonds is 3. The van der Waals surface area contributed by atoms with Gasteiger partial charge >= 0.3 is 5.97 Å². The van der Waals surface area contributed by atoms with Crippen LogP contribution in [0.15, 0.2) is 18.2 Å². The number of methoxy groups -OCH3 is 1. The van der Waals surface area contributed by atoms with Crippen molar-refractivity contribution in [3.63, 3.8) is 0 Å². The van der Waals surface area contributed by atoms with Crippen molar-refractivity contribution in [3.8, 4) is 0 Å². The van der Waals surface area contributed by atoms with E-state index in [2.05, 4.69) is 4.74 Å². The highest BCUT2D eigenvalue weighted by atomic mass is 19.1. The third-order valence-corrected chi connectivity index (χ3v) is 3.20. The van der Waals surface area contributed by atoms with E-state index in [-0.39, 0.29) is 30.1 Å². The summed E-state index contributed by atoms with van der Waals surface area (Å²) in [4.78, 5) is 35.4. The van der Waals surface area contributed by atoms with E-state index in [1.54, 1.807) is 0 Å². The van der Waals surface area contributed by atoms with E-state index < -0.39 is 23.6 Å². The molecular formula is C13H13FN2O4. The Hall–Kier alpha value is -2.44. The number of ether oxygens (including phenoxy) is 1. The topological polar surface area (TPSA) is 89.7 Å². The molecule has 1 aliphatic heterocycles. The van der Waals surface area contributed by atoms with E-state index in [0.717, 1.165) is 13.2 Å². The average Bonchev–Trinajstić information content (AvgIpc) is 2.80. The zero-order chi connectivity index (χ0) is 14.9. The van der Waals surface area contributed by atoms with E-state index >= 15 is 0 Å². The van der Waals surface area contributed by atoms with Crippen LogP contribution in [0, 0.1) is 11.7 Å². The Labute approximate surface area is 114 Å². The Balaban J connectivity index is 2.26. The van der Waals surface area contributed by atoms with E-state index in [0.29, 0.717) is 0 Å². The highest BCUT2D eigenvalue weighted by Gasteiger charge is 2.34. The Kier molecular flexibility index (Phi) is 3.69. The molecule has 7 heteroatoms. The van der Waals surface area contributed by atoms with Gasteiger partial charge in [0.25, 0.3) is 0 Å². The van der Waals surface area contributed by atoms with Crippen LogP contribution in [0.4, 0.5) is 10.1 Å². The van der Waals surface area contributed by atoms with Crippen LogP contribution in [0.3, 0.4) is 0 Å². The molecule has 106 valence electrons. The van der Waals surface area contributed by atoms with Gasteiger partial charge in [0.15, 0.2) is 0 Å². The molecule has 2 rings (SSSR count). The Morgan fingerprint density at radius 2 is 2.15 bits per heavy atom. The van der Waals surface area contributed by atoms with Gasteiger partial charge < -0.3 is 15.4 Å². The summed E-state index contributed by atoms with van der Waals surface area (Å²) < 4.78 is 18.2. The van der Waals surface area contributed by atoms with Crippen LogP contribution in [0.2, 0.25) is 0 Å². The number of esters is 1. The first kappa shape index (κ1) is 14.0. The van der Waals surface area contributed by atoms with E-state index in [4.69, 9.17) is 5.73 Å². The molecule has 6 nitrogen and oxygen atoms in total. The lowest BCUT2D eigenvalue weighted by atomic mass is 10.1. The van der Waals surface area contributed by atoms with Gasteiger partial charge in [-0.25, -0.2) is 9.18 Å². The van der Waals surface area contributed by atoms with Crippen molar-refractivity contribution in [1.29, 1.82) is 0 Å². The van der Waals surface area contributed by atoms with Gasteiger partial charge in [-0.15, -0.1) is 0 Å². The summed E-state index contributed by atoms with van der Waals surface area (Å²) in [5.41, 5.74) is 5.23. The first-order valence-electron chi connectivity index (χ1n) is 5.91. The minimum Gasteiger partial charge on any atom is -0.465 e. The number of hydrogen-bond acceptors (Lipinski definition) is 4. The van der Waals surface area contributed by atoms with Crippen molar-refractivity contribution in [3.05, 3.63) is 29.6 Å². The molecule has 1 aromatic rings. The zero-order valence-corrected chi connectivity index (χ0v) is 10.8. The fraction of sp³-hybridized carbons (Fsp3) is 0.308. The van der Waals surface area contributed by atoms with Gasteiger partial charge in [-0.1, -0.05) is 0 Å². The second-order valence-electron chi connectivity index (χ2n) is 4.46. The lowest BCUT2D eigenvalue weighted by molar-refractivity contribution is -0.123. The largest absolute Gasteiger partial charge is 0.465 e. The number of anilines is 1. The van der Waals surface area contributed by atoms with Crippen molar-refractivity contribution in [2.24, 2.45) is 11.7 Å². The zero-order valence-electron chi connectivity index (χ0n) is 10.8. The van der Waals surface area contributed by atoms with Crippen molar-refractivity contribution >= 4 is 23.5 Å². The van der Waals surface area contributed by atoms with Crippen LogP contribution in [0.1, 0.15) is 16.8 Å². The highest BCUT2D eigenvalue weighted by molar-refractivity contribution is 6.00. The summed E-state index contributed by atoms with van der Waals surface area (Å²) >= 11 is 0. The standard InChI is InChI=1S/C13H13FN2O4/c1-20-13(19)9-3-2-8(5-10(9)14)16-6-7(12(15)18)4-11(16)17/h2-3,5,7H,4,6H2,1H3,(H2,15,18). The van der Waals surface area contributed by atoms with Crippen molar-refractivity contribution in [2.75, 3.05) is 18.6 Å². The van der Waals surface area contributed by atoms with Crippen LogP contribution in [-0.2, 0) is 14.3 Å². The number of nitrogens with two attached hydrogens (primary N) is 1. The minimum atomic E-state index is -0.795. The fourth-order valence-corrected chi connectivity index (χ4v) is 2.10. The van der Waals surface area contributed by atoms with Crippen LogP contribution in [0.5, 0.6) is 0 Å². The fourth-order valence-electron chi connectivity index (χ4n) is 2.10. The average molecular weight is 280 g/mol. The molecule has 1 atom stereocenters. The summed E-state index contributed by atoms with van der Waals surface area (Å²) in [6, 6.07) is 3.73. The maximum absolute atomic E-state index is 13.8. The molecule has 20 heavy (non-hydrogen) atoms. The minimum absolute atomic E-state index is 0.00963. The lowest BCUT2D eigenvalue weighted by Gasteiger charge is -2.16. The monoisotopic (exact) mass is 280 g/mol. The van der Waals surface area contributed by atoms with Crippen LogP contribution >= 0.6 is 0 Å². The van der Waals surface area contributed by atoms with Gasteiger partial charge in [-0.05, 0) is 18.2 Å². The summed E-state index contributed by atoms with van der Waals surface area (Å²) in [7, 11) is 1.15. The number of carbonyl (C=O) groups is 3. The number of benzene rings is 1. The smallest absolute Gasteiger partial charge is 0.340 e. The summed E-state index contributed by atoms with van der Waals surface area (Å²) in [6.45, 7) is 0.116. The molecule has 1 aliphatic rings. The molecule has 1 fully saturated rings. The van der Waals surface area contributed by atoms with Gasteiger partial charge in [0.05, 0.1) is 18.6 Å². The molecule has 1 aromatic carbocycles. The molecule has 0 radical (unpaired) electrons. The molecule has 1 saturated heterocycles. The van der Waals surface area contributed by atoms with E-state index in [1.807, 2.05) is 0 Å². The Bertz CT molecular complexity index is 588. The summed E-state index contributed by atoms with van der Waals surface area (Å²) in [5, 5.41) is 0. The molecule has 0 aliphatic carbocycles. The number of primary amides is 1. The second kappa shape index (κ2) is 5.28. The van der Waals surface area contributed by atoms with Gasteiger partial charge in [0.2, 0.25) is 11.8 Å². The summed E-state index contributed by atoms with van der Waals surface area (Å²) in [5.74, 6) is -3.03. The van der Waals surface area contributed by atoms with Crippen LogP contribution in [-0.4, -0.2) is 31.4 Å². The number of hydrogen-bond donors (Lipinski definition) is 1. The number of nitrogens with zero attached hydrogens (tertiary/aromatic N) is 1. The number of amides is 2. The third kappa shape index (κ3) is 2.47. The van der Waals surface area contributed by atoms with Crippen LogP contribution in [0.25, 0.3) is 0 Å². The maximum atomic E-state index is 13.8. The molecule has 0 aromatic heterocycles.